The number of nitriles is 1. The Bertz CT molecular complexity index is 444. The van der Waals surface area contributed by atoms with Gasteiger partial charge < -0.3 is 10.0 Å². The monoisotopic (exact) mass is 251 g/mol. The Hall–Kier alpha value is -1.31. The molecule has 1 aliphatic rings. The third-order valence-corrected chi connectivity index (χ3v) is 3.24. The van der Waals surface area contributed by atoms with Crippen molar-refractivity contribution in [3.63, 3.8) is 0 Å². The third-order valence-electron chi connectivity index (χ3n) is 3.04. The van der Waals surface area contributed by atoms with Crippen LogP contribution in [0.4, 0.5) is 5.82 Å². The zero-order valence-electron chi connectivity index (χ0n) is 9.43. The maximum atomic E-state index is 9.35. The van der Waals surface area contributed by atoms with Crippen LogP contribution in [-0.4, -0.2) is 29.3 Å². The number of aromatic nitrogens is 1. The van der Waals surface area contributed by atoms with Crippen LogP contribution in [0.5, 0.6) is 0 Å². The van der Waals surface area contributed by atoms with Gasteiger partial charge in [0, 0.05) is 6.54 Å². The van der Waals surface area contributed by atoms with Gasteiger partial charge >= 0.3 is 0 Å². The first kappa shape index (κ1) is 12.2. The number of pyridine rings is 1. The summed E-state index contributed by atoms with van der Waals surface area (Å²) < 4.78 is 0. The van der Waals surface area contributed by atoms with Crippen molar-refractivity contribution in [3.05, 3.63) is 22.8 Å². The van der Waals surface area contributed by atoms with Gasteiger partial charge in [0.15, 0.2) is 0 Å². The Balaban J connectivity index is 2.31. The summed E-state index contributed by atoms with van der Waals surface area (Å²) >= 11 is 5.89. The molecule has 1 aliphatic heterocycles. The van der Waals surface area contributed by atoms with Gasteiger partial charge in [-0.2, -0.15) is 5.26 Å². The normalized spacial score (nSPS) is 20.1. The van der Waals surface area contributed by atoms with Gasteiger partial charge in [-0.1, -0.05) is 11.6 Å². The minimum Gasteiger partial charge on any atom is -0.394 e. The Morgan fingerprint density at radius 1 is 1.53 bits per heavy atom. The average Bonchev–Trinajstić information content (AvgIpc) is 2.37. The molecule has 17 heavy (non-hydrogen) atoms. The number of aliphatic hydroxyl groups excluding tert-OH is 1. The van der Waals surface area contributed by atoms with E-state index in [0.717, 1.165) is 25.8 Å². The number of hydrogen-bond acceptors (Lipinski definition) is 4. The predicted molar refractivity (Wildman–Crippen MR) is 66.0 cm³/mol. The van der Waals surface area contributed by atoms with Crippen molar-refractivity contribution in [1.29, 1.82) is 5.26 Å². The minimum atomic E-state index is 0.0845. The number of hydrogen-bond donors (Lipinski definition) is 1. The lowest BCUT2D eigenvalue weighted by Crippen LogP contribution is -2.42. The molecule has 1 atom stereocenters. The first-order chi connectivity index (χ1) is 8.24. The van der Waals surface area contributed by atoms with Crippen molar-refractivity contribution < 1.29 is 5.11 Å². The minimum absolute atomic E-state index is 0.0845. The highest BCUT2D eigenvalue weighted by atomic mass is 35.5. The molecular weight excluding hydrogens is 238 g/mol. The van der Waals surface area contributed by atoms with E-state index in [1.165, 1.54) is 0 Å². The quantitative estimate of drug-likeness (QED) is 0.817. The standard InChI is InChI=1S/C12H14ClN3O/c13-11-5-9(7-14)6-12(15-11)16-4-2-1-3-10(16)8-17/h5-6,10,17H,1-4,8H2. The summed E-state index contributed by atoms with van der Waals surface area (Å²) in [6.45, 7) is 0.958. The molecule has 2 heterocycles. The molecule has 2 rings (SSSR count). The topological polar surface area (TPSA) is 60.2 Å². The smallest absolute Gasteiger partial charge is 0.132 e. The molecule has 90 valence electrons. The maximum Gasteiger partial charge on any atom is 0.132 e. The summed E-state index contributed by atoms with van der Waals surface area (Å²) in [5.41, 5.74) is 0.502. The van der Waals surface area contributed by atoms with Crippen LogP contribution in [0.15, 0.2) is 12.1 Å². The van der Waals surface area contributed by atoms with Gasteiger partial charge in [-0.15, -0.1) is 0 Å². The molecule has 4 nitrogen and oxygen atoms in total. The van der Waals surface area contributed by atoms with Crippen molar-refractivity contribution >= 4 is 17.4 Å². The molecule has 1 aromatic rings. The van der Waals surface area contributed by atoms with Gasteiger partial charge in [0.25, 0.3) is 0 Å². The molecular formula is C12H14ClN3O. The summed E-state index contributed by atoms with van der Waals surface area (Å²) in [6.07, 6.45) is 3.15. The fourth-order valence-corrected chi connectivity index (χ4v) is 2.39. The molecule has 0 aromatic carbocycles. The maximum absolute atomic E-state index is 9.35. The van der Waals surface area contributed by atoms with Crippen LogP contribution in [0.2, 0.25) is 5.15 Å². The van der Waals surface area contributed by atoms with Crippen LogP contribution >= 0.6 is 11.6 Å². The summed E-state index contributed by atoms with van der Waals surface area (Å²) in [5.74, 6) is 0.688. The van der Waals surface area contributed by atoms with Crippen LogP contribution < -0.4 is 4.90 Å². The summed E-state index contributed by atoms with van der Waals surface area (Å²) in [4.78, 5) is 6.27. The highest BCUT2D eigenvalue weighted by Gasteiger charge is 2.23. The fraction of sp³-hybridized carbons (Fsp3) is 0.500. The highest BCUT2D eigenvalue weighted by molar-refractivity contribution is 6.29. The SMILES string of the molecule is N#Cc1cc(Cl)nc(N2CCCCC2CO)c1. The van der Waals surface area contributed by atoms with E-state index < -0.39 is 0 Å². The predicted octanol–water partition coefficient (Wildman–Crippen LogP) is 1.96. The van der Waals surface area contributed by atoms with Crippen LogP contribution in [0.1, 0.15) is 24.8 Å². The van der Waals surface area contributed by atoms with Crippen molar-refractivity contribution in [2.24, 2.45) is 0 Å². The van der Waals surface area contributed by atoms with E-state index in [0.29, 0.717) is 16.5 Å². The molecule has 0 amide bonds. The second-order valence-electron chi connectivity index (χ2n) is 4.17. The lowest BCUT2D eigenvalue weighted by atomic mass is 10.0. The zero-order chi connectivity index (χ0) is 12.3. The third kappa shape index (κ3) is 2.68. The molecule has 1 unspecified atom stereocenters. The highest BCUT2D eigenvalue weighted by Crippen LogP contribution is 2.25. The molecule has 0 radical (unpaired) electrons. The molecule has 5 heteroatoms. The van der Waals surface area contributed by atoms with Crippen LogP contribution in [-0.2, 0) is 0 Å². The molecule has 0 saturated carbocycles. The number of rotatable bonds is 2. The van der Waals surface area contributed by atoms with Crippen LogP contribution in [0.25, 0.3) is 0 Å². The molecule has 0 bridgehead atoms. The van der Waals surface area contributed by atoms with E-state index in [1.54, 1.807) is 12.1 Å². The van der Waals surface area contributed by atoms with E-state index in [2.05, 4.69) is 11.1 Å². The van der Waals surface area contributed by atoms with Gasteiger partial charge in [-0.05, 0) is 31.4 Å². The molecule has 0 aliphatic carbocycles. The van der Waals surface area contributed by atoms with E-state index in [9.17, 15) is 5.11 Å². The zero-order valence-corrected chi connectivity index (χ0v) is 10.2. The summed E-state index contributed by atoms with van der Waals surface area (Å²) in [5, 5.41) is 18.6. The number of aliphatic hydroxyl groups is 1. The second-order valence-corrected chi connectivity index (χ2v) is 4.56. The van der Waals surface area contributed by atoms with E-state index in [-0.39, 0.29) is 12.6 Å². The van der Waals surface area contributed by atoms with Crippen LogP contribution in [0, 0.1) is 11.3 Å². The average molecular weight is 252 g/mol. The van der Waals surface area contributed by atoms with Gasteiger partial charge in [-0.25, -0.2) is 4.98 Å². The second kappa shape index (κ2) is 5.35. The fourth-order valence-electron chi connectivity index (χ4n) is 2.19. The lowest BCUT2D eigenvalue weighted by Gasteiger charge is -2.35. The Kier molecular flexibility index (Phi) is 3.82. The Labute approximate surface area is 105 Å². The van der Waals surface area contributed by atoms with Gasteiger partial charge in [0.05, 0.1) is 24.3 Å². The first-order valence-electron chi connectivity index (χ1n) is 5.70. The molecule has 1 aromatic heterocycles. The number of halogens is 1. The molecule has 1 saturated heterocycles. The van der Waals surface area contributed by atoms with E-state index in [1.807, 2.05) is 4.90 Å². The van der Waals surface area contributed by atoms with Crippen molar-refractivity contribution in [2.75, 3.05) is 18.1 Å². The van der Waals surface area contributed by atoms with E-state index >= 15 is 0 Å². The van der Waals surface area contributed by atoms with Crippen molar-refractivity contribution in [3.8, 4) is 6.07 Å². The number of piperidine rings is 1. The van der Waals surface area contributed by atoms with Crippen LogP contribution in [0.3, 0.4) is 0 Å². The summed E-state index contributed by atoms with van der Waals surface area (Å²) in [7, 11) is 0. The Morgan fingerprint density at radius 3 is 3.06 bits per heavy atom. The Morgan fingerprint density at radius 2 is 2.35 bits per heavy atom. The number of anilines is 1. The van der Waals surface area contributed by atoms with Gasteiger partial charge in [-0.3, -0.25) is 0 Å². The molecule has 0 spiro atoms. The van der Waals surface area contributed by atoms with Crippen molar-refractivity contribution in [2.45, 2.75) is 25.3 Å². The van der Waals surface area contributed by atoms with Crippen molar-refractivity contribution in [1.82, 2.24) is 4.98 Å². The first-order valence-corrected chi connectivity index (χ1v) is 6.07. The summed E-state index contributed by atoms with van der Waals surface area (Å²) in [6, 6.07) is 5.42. The largest absolute Gasteiger partial charge is 0.394 e. The van der Waals surface area contributed by atoms with E-state index in [4.69, 9.17) is 16.9 Å². The van der Waals surface area contributed by atoms with Gasteiger partial charge in [0.1, 0.15) is 11.0 Å². The molecule has 1 N–H and O–H groups in total. The lowest BCUT2D eigenvalue weighted by molar-refractivity contribution is 0.239. The number of nitrogens with zero attached hydrogens (tertiary/aromatic N) is 3. The molecule has 1 fully saturated rings. The van der Waals surface area contributed by atoms with Gasteiger partial charge in [0.2, 0.25) is 0 Å².